The molecule has 1 N–H and O–H groups in total. The van der Waals surface area contributed by atoms with Gasteiger partial charge in [-0.1, -0.05) is 26.7 Å². The van der Waals surface area contributed by atoms with E-state index < -0.39 is 12.0 Å². The minimum atomic E-state index is -0.874. The van der Waals surface area contributed by atoms with Crippen LogP contribution in [-0.4, -0.2) is 52.6 Å². The molecule has 5 heteroatoms. The Morgan fingerprint density at radius 3 is 2.48 bits per heavy atom. The van der Waals surface area contributed by atoms with Crippen molar-refractivity contribution in [2.45, 2.75) is 64.5 Å². The van der Waals surface area contributed by atoms with E-state index in [1.54, 1.807) is 9.80 Å². The fraction of sp³-hybridized carbons (Fsp3) is 0.875. The number of carboxylic acids is 1. The summed E-state index contributed by atoms with van der Waals surface area (Å²) in [7, 11) is 1.84. The van der Waals surface area contributed by atoms with Crippen LogP contribution in [0.1, 0.15) is 52.4 Å². The predicted molar refractivity (Wildman–Crippen MR) is 81.1 cm³/mol. The summed E-state index contributed by atoms with van der Waals surface area (Å²) >= 11 is 0. The quantitative estimate of drug-likeness (QED) is 0.852. The molecule has 2 aliphatic rings. The van der Waals surface area contributed by atoms with Gasteiger partial charge in [0.25, 0.3) is 0 Å². The van der Waals surface area contributed by atoms with Gasteiger partial charge in [0.05, 0.1) is 0 Å². The Morgan fingerprint density at radius 2 is 1.86 bits per heavy atom. The lowest BCUT2D eigenvalue weighted by molar-refractivity contribution is -0.145. The molecule has 1 saturated heterocycles. The van der Waals surface area contributed by atoms with E-state index >= 15 is 0 Å². The van der Waals surface area contributed by atoms with Gasteiger partial charge < -0.3 is 14.9 Å². The van der Waals surface area contributed by atoms with Crippen molar-refractivity contribution in [3.05, 3.63) is 0 Å². The van der Waals surface area contributed by atoms with Crippen LogP contribution in [0.15, 0.2) is 0 Å². The lowest BCUT2D eigenvalue weighted by atomic mass is 9.86. The third-order valence-electron chi connectivity index (χ3n) is 5.19. The summed E-state index contributed by atoms with van der Waals surface area (Å²) in [4.78, 5) is 27.6. The molecule has 21 heavy (non-hydrogen) atoms. The minimum Gasteiger partial charge on any atom is -0.480 e. The van der Waals surface area contributed by atoms with Crippen molar-refractivity contribution >= 4 is 12.0 Å². The van der Waals surface area contributed by atoms with Crippen molar-refractivity contribution in [1.82, 2.24) is 9.80 Å². The van der Waals surface area contributed by atoms with Gasteiger partial charge in [-0.2, -0.15) is 0 Å². The second-order valence-corrected chi connectivity index (χ2v) is 6.92. The number of amides is 2. The average Bonchev–Trinajstić information content (AvgIpc) is 2.45. The van der Waals surface area contributed by atoms with Gasteiger partial charge in [-0.25, -0.2) is 9.59 Å². The summed E-state index contributed by atoms with van der Waals surface area (Å²) < 4.78 is 0. The maximum absolute atomic E-state index is 12.8. The highest BCUT2D eigenvalue weighted by Crippen LogP contribution is 2.29. The van der Waals surface area contributed by atoms with Gasteiger partial charge in [0.1, 0.15) is 6.04 Å². The highest BCUT2D eigenvalue weighted by atomic mass is 16.4. The van der Waals surface area contributed by atoms with Gasteiger partial charge in [0.15, 0.2) is 0 Å². The second kappa shape index (κ2) is 6.67. The van der Waals surface area contributed by atoms with E-state index in [1.165, 1.54) is 6.42 Å². The first-order valence-corrected chi connectivity index (χ1v) is 8.18. The Morgan fingerprint density at radius 1 is 1.14 bits per heavy atom. The zero-order chi connectivity index (χ0) is 15.6. The molecule has 0 radical (unpaired) electrons. The van der Waals surface area contributed by atoms with Crippen molar-refractivity contribution in [3.8, 4) is 0 Å². The molecule has 5 nitrogen and oxygen atoms in total. The largest absolute Gasteiger partial charge is 0.480 e. The van der Waals surface area contributed by atoms with E-state index in [2.05, 4.69) is 6.92 Å². The van der Waals surface area contributed by atoms with Crippen LogP contribution in [0.3, 0.4) is 0 Å². The SMILES string of the molecule is CC1CCCC(N(C)C(=O)N2CCCC(C)C2C(=O)O)C1. The Bertz CT molecular complexity index is 399. The van der Waals surface area contributed by atoms with Crippen LogP contribution in [0.5, 0.6) is 0 Å². The van der Waals surface area contributed by atoms with Gasteiger partial charge in [0, 0.05) is 19.6 Å². The fourth-order valence-corrected chi connectivity index (χ4v) is 3.89. The fourth-order valence-electron chi connectivity index (χ4n) is 3.89. The molecule has 1 aliphatic carbocycles. The Hall–Kier alpha value is -1.26. The first kappa shape index (κ1) is 16.1. The Labute approximate surface area is 127 Å². The molecular weight excluding hydrogens is 268 g/mol. The molecule has 1 aliphatic heterocycles. The number of hydrogen-bond acceptors (Lipinski definition) is 2. The maximum atomic E-state index is 12.8. The molecule has 0 spiro atoms. The lowest BCUT2D eigenvalue weighted by Crippen LogP contribution is -2.57. The van der Waals surface area contributed by atoms with Gasteiger partial charge in [0.2, 0.25) is 0 Å². The number of piperidine rings is 1. The van der Waals surface area contributed by atoms with Crippen LogP contribution in [0.4, 0.5) is 4.79 Å². The molecule has 0 aromatic rings. The normalized spacial score (nSPS) is 33.6. The first-order valence-electron chi connectivity index (χ1n) is 8.18. The molecule has 1 saturated carbocycles. The summed E-state index contributed by atoms with van der Waals surface area (Å²) in [6, 6.07) is -0.518. The highest BCUT2D eigenvalue weighted by Gasteiger charge is 2.39. The van der Waals surface area contributed by atoms with Crippen LogP contribution in [0.25, 0.3) is 0 Å². The van der Waals surface area contributed by atoms with E-state index in [1.807, 2.05) is 14.0 Å². The maximum Gasteiger partial charge on any atom is 0.326 e. The van der Waals surface area contributed by atoms with Crippen LogP contribution >= 0.6 is 0 Å². The lowest BCUT2D eigenvalue weighted by Gasteiger charge is -2.42. The molecule has 2 amide bonds. The Kier molecular flexibility index (Phi) is 5.12. The number of nitrogens with zero attached hydrogens (tertiary/aromatic N) is 2. The smallest absolute Gasteiger partial charge is 0.326 e. The second-order valence-electron chi connectivity index (χ2n) is 6.92. The summed E-state index contributed by atoms with van der Waals surface area (Å²) in [6.07, 6.45) is 6.23. The summed E-state index contributed by atoms with van der Waals surface area (Å²) in [5, 5.41) is 9.45. The summed E-state index contributed by atoms with van der Waals surface area (Å²) in [5.41, 5.74) is 0. The molecule has 120 valence electrons. The zero-order valence-corrected chi connectivity index (χ0v) is 13.4. The number of carboxylic acid groups (broad SMARTS) is 1. The number of carbonyl (C=O) groups is 2. The van der Waals surface area contributed by atoms with E-state index in [4.69, 9.17) is 0 Å². The standard InChI is InChI=1S/C16H28N2O3/c1-11-6-4-8-13(10-11)17(3)16(21)18-9-5-7-12(2)14(18)15(19)20/h11-14H,4-10H2,1-3H3,(H,19,20). The van der Waals surface area contributed by atoms with Gasteiger partial charge in [-0.3, -0.25) is 0 Å². The van der Waals surface area contributed by atoms with Gasteiger partial charge in [-0.15, -0.1) is 0 Å². The number of aliphatic carboxylic acids is 1. The third kappa shape index (κ3) is 3.50. The van der Waals surface area contributed by atoms with Crippen LogP contribution in [0.2, 0.25) is 0 Å². The molecule has 1 heterocycles. The number of likely N-dealkylation sites (tertiary alicyclic amines) is 1. The van der Waals surface area contributed by atoms with Crippen molar-refractivity contribution in [2.24, 2.45) is 11.8 Å². The highest BCUT2D eigenvalue weighted by molar-refractivity contribution is 5.83. The molecule has 2 rings (SSSR count). The molecule has 0 aromatic heterocycles. The minimum absolute atomic E-state index is 0.0267. The van der Waals surface area contributed by atoms with Crippen LogP contribution in [0, 0.1) is 11.8 Å². The number of hydrogen-bond donors (Lipinski definition) is 1. The molecule has 0 bridgehead atoms. The molecule has 4 atom stereocenters. The Balaban J connectivity index is 2.07. The van der Waals surface area contributed by atoms with E-state index in [-0.39, 0.29) is 18.0 Å². The monoisotopic (exact) mass is 296 g/mol. The van der Waals surface area contributed by atoms with Crippen molar-refractivity contribution in [2.75, 3.05) is 13.6 Å². The topological polar surface area (TPSA) is 60.9 Å². The van der Waals surface area contributed by atoms with Crippen molar-refractivity contribution in [3.63, 3.8) is 0 Å². The number of carbonyl (C=O) groups excluding carboxylic acids is 1. The van der Waals surface area contributed by atoms with Crippen molar-refractivity contribution in [1.29, 1.82) is 0 Å². The van der Waals surface area contributed by atoms with Crippen LogP contribution in [-0.2, 0) is 4.79 Å². The zero-order valence-electron chi connectivity index (χ0n) is 13.4. The van der Waals surface area contributed by atoms with E-state index in [0.29, 0.717) is 12.5 Å². The van der Waals surface area contributed by atoms with E-state index in [9.17, 15) is 14.7 Å². The third-order valence-corrected chi connectivity index (χ3v) is 5.19. The van der Waals surface area contributed by atoms with E-state index in [0.717, 1.165) is 32.1 Å². The molecule has 0 aromatic carbocycles. The molecule has 2 fully saturated rings. The first-order chi connectivity index (χ1) is 9.91. The molecule has 4 unspecified atom stereocenters. The van der Waals surface area contributed by atoms with Gasteiger partial charge in [-0.05, 0) is 37.5 Å². The number of urea groups is 1. The summed E-state index contributed by atoms with van der Waals surface area (Å²) in [5.74, 6) is -0.200. The van der Waals surface area contributed by atoms with Crippen molar-refractivity contribution < 1.29 is 14.7 Å². The number of rotatable bonds is 2. The molecular formula is C16H28N2O3. The van der Waals surface area contributed by atoms with Crippen LogP contribution < -0.4 is 0 Å². The predicted octanol–water partition coefficient (Wildman–Crippen LogP) is 2.80. The summed E-state index contributed by atoms with van der Waals surface area (Å²) in [6.45, 7) is 4.72. The average molecular weight is 296 g/mol. The van der Waals surface area contributed by atoms with Gasteiger partial charge >= 0.3 is 12.0 Å².